The number of pyridine rings is 1. The van der Waals surface area contributed by atoms with E-state index in [0.717, 1.165) is 16.8 Å². The first kappa shape index (κ1) is 14.9. The standard InChI is InChI=1S/C16H18N4O/c1-4-11-12(9-17)16(21)20(6-3)14(5-2)15(11)13-10-18-7-8-19-13/h7-8,10H,4-6H2,1-3H3. The molecule has 0 amide bonds. The van der Waals surface area contributed by atoms with E-state index in [1.165, 1.54) is 0 Å². The molecule has 0 N–H and O–H groups in total. The number of nitriles is 1. The molecule has 0 saturated heterocycles. The Bertz CT molecular complexity index is 742. The van der Waals surface area contributed by atoms with Crippen LogP contribution in [0.2, 0.25) is 0 Å². The van der Waals surface area contributed by atoms with Gasteiger partial charge in [-0.25, -0.2) is 0 Å². The van der Waals surface area contributed by atoms with Crippen LogP contribution in [0.1, 0.15) is 37.6 Å². The van der Waals surface area contributed by atoms with Gasteiger partial charge in [-0.3, -0.25) is 14.8 Å². The number of rotatable bonds is 4. The highest BCUT2D eigenvalue weighted by molar-refractivity contribution is 5.69. The summed E-state index contributed by atoms with van der Waals surface area (Å²) in [7, 11) is 0. The number of aromatic nitrogens is 3. The molecule has 0 spiro atoms. The van der Waals surface area contributed by atoms with E-state index in [0.29, 0.717) is 25.1 Å². The summed E-state index contributed by atoms with van der Waals surface area (Å²) in [5, 5.41) is 9.39. The van der Waals surface area contributed by atoms with Gasteiger partial charge in [0.15, 0.2) is 0 Å². The fourth-order valence-corrected chi connectivity index (χ4v) is 2.72. The fraction of sp³-hybridized carbons (Fsp3) is 0.375. The van der Waals surface area contributed by atoms with E-state index in [-0.39, 0.29) is 11.1 Å². The summed E-state index contributed by atoms with van der Waals surface area (Å²) in [6.45, 7) is 6.40. The molecule has 2 aromatic heterocycles. The van der Waals surface area contributed by atoms with Crippen LogP contribution < -0.4 is 5.56 Å². The Morgan fingerprint density at radius 3 is 2.48 bits per heavy atom. The minimum atomic E-state index is -0.207. The fourth-order valence-electron chi connectivity index (χ4n) is 2.72. The van der Waals surface area contributed by atoms with Gasteiger partial charge >= 0.3 is 0 Å². The molecular weight excluding hydrogens is 264 g/mol. The first-order chi connectivity index (χ1) is 10.2. The van der Waals surface area contributed by atoms with E-state index in [1.807, 2.05) is 20.8 Å². The lowest BCUT2D eigenvalue weighted by Gasteiger charge is -2.19. The predicted octanol–water partition coefficient (Wildman–Crippen LogP) is 2.32. The second-order valence-corrected chi connectivity index (χ2v) is 4.63. The zero-order valence-corrected chi connectivity index (χ0v) is 12.6. The maximum absolute atomic E-state index is 12.5. The van der Waals surface area contributed by atoms with Gasteiger partial charge in [0, 0.05) is 30.2 Å². The average molecular weight is 282 g/mol. The molecule has 2 rings (SSSR count). The van der Waals surface area contributed by atoms with Crippen LogP contribution in [0.5, 0.6) is 0 Å². The second-order valence-electron chi connectivity index (χ2n) is 4.63. The first-order valence-corrected chi connectivity index (χ1v) is 7.14. The van der Waals surface area contributed by atoms with Crippen LogP contribution in [0.3, 0.4) is 0 Å². The van der Waals surface area contributed by atoms with Crippen LogP contribution in [0.4, 0.5) is 0 Å². The lowest BCUT2D eigenvalue weighted by molar-refractivity contribution is 0.676. The van der Waals surface area contributed by atoms with Crippen molar-refractivity contribution in [2.45, 2.75) is 40.2 Å². The van der Waals surface area contributed by atoms with E-state index in [1.54, 1.807) is 23.2 Å². The average Bonchev–Trinajstić information content (AvgIpc) is 2.54. The van der Waals surface area contributed by atoms with Gasteiger partial charge in [0.1, 0.15) is 11.6 Å². The van der Waals surface area contributed by atoms with Crippen molar-refractivity contribution in [1.29, 1.82) is 5.26 Å². The second kappa shape index (κ2) is 6.31. The number of hydrogen-bond acceptors (Lipinski definition) is 4. The smallest absolute Gasteiger partial charge is 0.268 e. The third-order valence-corrected chi connectivity index (χ3v) is 3.61. The monoisotopic (exact) mass is 282 g/mol. The largest absolute Gasteiger partial charge is 0.311 e. The van der Waals surface area contributed by atoms with E-state index in [4.69, 9.17) is 0 Å². The topological polar surface area (TPSA) is 71.6 Å². The van der Waals surface area contributed by atoms with Gasteiger partial charge in [0.25, 0.3) is 5.56 Å². The molecule has 0 fully saturated rings. The molecule has 0 bridgehead atoms. The van der Waals surface area contributed by atoms with Crippen molar-refractivity contribution in [3.63, 3.8) is 0 Å². The van der Waals surface area contributed by atoms with Crippen LogP contribution >= 0.6 is 0 Å². The van der Waals surface area contributed by atoms with Gasteiger partial charge in [-0.2, -0.15) is 5.26 Å². The normalized spacial score (nSPS) is 10.4. The Morgan fingerprint density at radius 1 is 1.24 bits per heavy atom. The molecular formula is C16H18N4O. The summed E-state index contributed by atoms with van der Waals surface area (Å²) in [6.07, 6.45) is 6.23. The molecule has 5 nitrogen and oxygen atoms in total. The minimum absolute atomic E-state index is 0.207. The molecule has 0 atom stereocenters. The van der Waals surface area contributed by atoms with Crippen molar-refractivity contribution >= 4 is 0 Å². The highest BCUT2D eigenvalue weighted by atomic mass is 16.1. The molecule has 0 aromatic carbocycles. The van der Waals surface area contributed by atoms with Gasteiger partial charge in [0.2, 0.25) is 0 Å². The molecule has 0 aliphatic carbocycles. The predicted molar refractivity (Wildman–Crippen MR) is 80.9 cm³/mol. The van der Waals surface area contributed by atoms with Crippen molar-refractivity contribution in [2.75, 3.05) is 0 Å². The van der Waals surface area contributed by atoms with Gasteiger partial charge in [0.05, 0.1) is 11.9 Å². The zero-order valence-electron chi connectivity index (χ0n) is 12.6. The Morgan fingerprint density at radius 2 is 2.00 bits per heavy atom. The van der Waals surface area contributed by atoms with Gasteiger partial charge in [-0.05, 0) is 25.3 Å². The van der Waals surface area contributed by atoms with Crippen molar-refractivity contribution in [2.24, 2.45) is 0 Å². The van der Waals surface area contributed by atoms with Crippen molar-refractivity contribution < 1.29 is 0 Å². The van der Waals surface area contributed by atoms with Crippen LogP contribution in [-0.2, 0) is 19.4 Å². The molecule has 0 saturated carbocycles. The van der Waals surface area contributed by atoms with Crippen LogP contribution in [0.15, 0.2) is 23.4 Å². The van der Waals surface area contributed by atoms with Gasteiger partial charge in [-0.1, -0.05) is 13.8 Å². The summed E-state index contributed by atoms with van der Waals surface area (Å²) in [4.78, 5) is 21.0. The first-order valence-electron chi connectivity index (χ1n) is 7.14. The summed E-state index contributed by atoms with van der Waals surface area (Å²) in [5.74, 6) is 0. The van der Waals surface area contributed by atoms with Crippen molar-refractivity contribution in [3.05, 3.63) is 45.8 Å². The van der Waals surface area contributed by atoms with Gasteiger partial charge in [-0.15, -0.1) is 0 Å². The Balaban J connectivity index is 2.97. The number of nitrogens with zero attached hydrogens (tertiary/aromatic N) is 4. The molecule has 0 unspecified atom stereocenters. The third kappa shape index (κ3) is 2.45. The van der Waals surface area contributed by atoms with Crippen LogP contribution in [-0.4, -0.2) is 14.5 Å². The van der Waals surface area contributed by atoms with Gasteiger partial charge < -0.3 is 4.57 Å². The highest BCUT2D eigenvalue weighted by Gasteiger charge is 2.21. The maximum atomic E-state index is 12.5. The summed E-state index contributed by atoms with van der Waals surface area (Å²) in [6, 6.07) is 2.07. The van der Waals surface area contributed by atoms with E-state index in [2.05, 4.69) is 16.0 Å². The Labute approximate surface area is 123 Å². The minimum Gasteiger partial charge on any atom is -0.311 e. The molecule has 5 heteroatoms. The molecule has 2 aromatic rings. The quantitative estimate of drug-likeness (QED) is 0.862. The van der Waals surface area contributed by atoms with Crippen LogP contribution in [0.25, 0.3) is 11.3 Å². The molecule has 108 valence electrons. The molecule has 0 radical (unpaired) electrons. The molecule has 0 aliphatic heterocycles. The Hall–Kier alpha value is -2.48. The van der Waals surface area contributed by atoms with E-state index >= 15 is 0 Å². The summed E-state index contributed by atoms with van der Waals surface area (Å²) >= 11 is 0. The summed E-state index contributed by atoms with van der Waals surface area (Å²) in [5.41, 5.74) is 3.29. The molecule has 2 heterocycles. The molecule has 0 aliphatic rings. The number of hydrogen-bond donors (Lipinski definition) is 0. The van der Waals surface area contributed by atoms with Crippen molar-refractivity contribution in [1.82, 2.24) is 14.5 Å². The van der Waals surface area contributed by atoms with Crippen molar-refractivity contribution in [3.8, 4) is 17.3 Å². The summed E-state index contributed by atoms with van der Waals surface area (Å²) < 4.78 is 1.67. The Kier molecular flexibility index (Phi) is 4.49. The van der Waals surface area contributed by atoms with E-state index in [9.17, 15) is 10.1 Å². The highest BCUT2D eigenvalue weighted by Crippen LogP contribution is 2.27. The SMILES string of the molecule is CCc1c(-c2cnccn2)c(CC)n(CC)c(=O)c1C#N. The van der Waals surface area contributed by atoms with Crippen LogP contribution in [0, 0.1) is 11.3 Å². The lowest BCUT2D eigenvalue weighted by atomic mass is 9.95. The maximum Gasteiger partial charge on any atom is 0.268 e. The molecule has 21 heavy (non-hydrogen) atoms. The third-order valence-electron chi connectivity index (χ3n) is 3.61. The lowest BCUT2D eigenvalue weighted by Crippen LogP contribution is -2.28. The van der Waals surface area contributed by atoms with E-state index < -0.39 is 0 Å². The zero-order chi connectivity index (χ0) is 15.4.